The lowest BCUT2D eigenvalue weighted by Gasteiger charge is -2.32. The summed E-state index contributed by atoms with van der Waals surface area (Å²) in [5.74, 6) is 1.67. The smallest absolute Gasteiger partial charge is 0.259 e. The van der Waals surface area contributed by atoms with Crippen molar-refractivity contribution >= 4 is 29.3 Å². The quantitative estimate of drug-likeness (QED) is 0.499. The Bertz CT molecular complexity index is 1120. The van der Waals surface area contributed by atoms with Crippen LogP contribution in [0.15, 0.2) is 42.6 Å². The van der Waals surface area contributed by atoms with Crippen molar-refractivity contribution in [1.82, 2.24) is 24.8 Å². The number of piperazine rings is 1. The van der Waals surface area contributed by atoms with Crippen LogP contribution < -0.4 is 15.5 Å². The van der Waals surface area contributed by atoms with Gasteiger partial charge in [0.1, 0.15) is 11.6 Å². The molecule has 1 fully saturated rings. The van der Waals surface area contributed by atoms with Crippen molar-refractivity contribution in [3.63, 3.8) is 0 Å². The van der Waals surface area contributed by atoms with Gasteiger partial charge in [0.25, 0.3) is 5.91 Å². The van der Waals surface area contributed by atoms with Crippen molar-refractivity contribution in [2.24, 2.45) is 0 Å². The van der Waals surface area contributed by atoms with E-state index >= 15 is 0 Å². The number of rotatable bonds is 7. The van der Waals surface area contributed by atoms with Gasteiger partial charge in [0.2, 0.25) is 11.9 Å². The minimum absolute atomic E-state index is 0.0990. The van der Waals surface area contributed by atoms with Crippen LogP contribution in [-0.2, 0) is 13.0 Å². The third-order valence-corrected chi connectivity index (χ3v) is 5.42. The molecule has 2 aromatic heterocycles. The van der Waals surface area contributed by atoms with E-state index in [0.29, 0.717) is 46.8 Å². The van der Waals surface area contributed by atoms with E-state index in [2.05, 4.69) is 47.4 Å². The Balaban J connectivity index is 1.57. The third kappa shape index (κ3) is 5.60. The highest BCUT2D eigenvalue weighted by molar-refractivity contribution is 6.07. The highest BCUT2D eigenvalue weighted by atomic mass is 16.3. The first-order valence-corrected chi connectivity index (χ1v) is 11.0. The summed E-state index contributed by atoms with van der Waals surface area (Å²) in [6, 6.07) is 10.4. The molecule has 1 saturated heterocycles. The first-order valence-electron chi connectivity index (χ1n) is 11.0. The van der Waals surface area contributed by atoms with Gasteiger partial charge in [0, 0.05) is 44.5 Å². The Hall–Kier alpha value is -3.63. The minimum Gasteiger partial charge on any atom is -0.392 e. The summed E-state index contributed by atoms with van der Waals surface area (Å²) in [7, 11) is 2.10. The lowest BCUT2D eigenvalue weighted by Crippen LogP contribution is -2.45. The van der Waals surface area contributed by atoms with Crippen LogP contribution in [0.5, 0.6) is 0 Å². The maximum atomic E-state index is 13.0. The van der Waals surface area contributed by atoms with Gasteiger partial charge in [-0.05, 0) is 36.9 Å². The Morgan fingerprint density at radius 1 is 1.09 bits per heavy atom. The van der Waals surface area contributed by atoms with E-state index in [-0.39, 0.29) is 12.5 Å². The summed E-state index contributed by atoms with van der Waals surface area (Å²) < 4.78 is 0. The predicted molar refractivity (Wildman–Crippen MR) is 127 cm³/mol. The van der Waals surface area contributed by atoms with Crippen molar-refractivity contribution < 1.29 is 9.90 Å². The van der Waals surface area contributed by atoms with Gasteiger partial charge in [-0.25, -0.2) is 4.98 Å². The molecule has 3 N–H and O–H groups in total. The number of hydrogen-bond donors (Lipinski definition) is 3. The zero-order valence-corrected chi connectivity index (χ0v) is 18.8. The number of nitrogens with zero attached hydrogens (tertiary/aromatic N) is 6. The molecule has 1 aliphatic heterocycles. The van der Waals surface area contributed by atoms with E-state index in [0.717, 1.165) is 26.2 Å². The normalized spacial score (nSPS) is 14.2. The van der Waals surface area contributed by atoms with Gasteiger partial charge in [-0.2, -0.15) is 15.0 Å². The summed E-state index contributed by atoms with van der Waals surface area (Å²) in [5, 5.41) is 15.3. The number of aromatic nitrogens is 4. The first-order chi connectivity index (χ1) is 16.1. The van der Waals surface area contributed by atoms with Crippen LogP contribution >= 0.6 is 0 Å². The van der Waals surface area contributed by atoms with E-state index in [9.17, 15) is 9.90 Å². The number of carbonyl (C=O) groups excluding carboxylic acids is 1. The second-order valence-corrected chi connectivity index (χ2v) is 7.86. The van der Waals surface area contributed by atoms with Crippen LogP contribution in [0, 0.1) is 0 Å². The number of likely N-dealkylation sites (N-methyl/N-ethyl adjacent to an activating group) is 1. The number of pyridine rings is 1. The predicted octanol–water partition coefficient (Wildman–Crippen LogP) is 2.07. The molecule has 0 unspecified atom stereocenters. The second kappa shape index (κ2) is 10.3. The first kappa shape index (κ1) is 22.6. The minimum atomic E-state index is -0.329. The van der Waals surface area contributed by atoms with Crippen molar-refractivity contribution in [2.75, 3.05) is 48.8 Å². The Morgan fingerprint density at radius 2 is 1.91 bits per heavy atom. The molecule has 0 bridgehead atoms. The van der Waals surface area contributed by atoms with Crippen LogP contribution in [0.2, 0.25) is 0 Å². The fourth-order valence-electron chi connectivity index (χ4n) is 3.51. The van der Waals surface area contributed by atoms with E-state index in [4.69, 9.17) is 0 Å². The molecule has 0 spiro atoms. The van der Waals surface area contributed by atoms with Crippen LogP contribution in [-0.4, -0.2) is 69.1 Å². The maximum Gasteiger partial charge on any atom is 0.259 e. The highest BCUT2D eigenvalue weighted by Crippen LogP contribution is 2.20. The molecule has 0 aliphatic carbocycles. The molecule has 4 rings (SSSR count). The van der Waals surface area contributed by atoms with Crippen LogP contribution in [0.4, 0.5) is 23.4 Å². The number of aryl methyl sites for hydroxylation is 1. The summed E-state index contributed by atoms with van der Waals surface area (Å²) in [4.78, 5) is 35.4. The molecule has 0 atom stereocenters. The zero-order valence-electron chi connectivity index (χ0n) is 18.8. The monoisotopic (exact) mass is 448 g/mol. The summed E-state index contributed by atoms with van der Waals surface area (Å²) in [6.07, 6.45) is 2.27. The number of carbonyl (C=O) groups is 1. The van der Waals surface area contributed by atoms with E-state index in [1.165, 1.54) is 0 Å². The van der Waals surface area contributed by atoms with Gasteiger partial charge in [0.05, 0.1) is 12.2 Å². The fraction of sp³-hybridized carbons (Fsp3) is 0.348. The van der Waals surface area contributed by atoms with E-state index in [1.807, 2.05) is 6.92 Å². The molecule has 172 valence electrons. The van der Waals surface area contributed by atoms with Crippen LogP contribution in [0.3, 0.4) is 0 Å². The van der Waals surface area contributed by atoms with Gasteiger partial charge in [-0.1, -0.05) is 19.1 Å². The van der Waals surface area contributed by atoms with Crippen molar-refractivity contribution in [3.05, 3.63) is 59.5 Å². The molecule has 1 aromatic carbocycles. The number of aliphatic hydroxyl groups excluding tert-OH is 1. The molecule has 3 heterocycles. The standard InChI is InChI=1S/C23H28N8O2/c1-3-19-26-22(29-23(27-19)31-12-10-30(2)11-13-31)28-20-18(8-5-9-24-20)21(33)25-17-7-4-6-16(14-17)15-32/h4-9,14,32H,3,10-13,15H2,1-2H3,(H,25,33)(H,24,26,27,28,29). The number of nitrogens with one attached hydrogen (secondary N) is 2. The number of amides is 1. The van der Waals surface area contributed by atoms with Crippen LogP contribution in [0.25, 0.3) is 0 Å². The highest BCUT2D eigenvalue weighted by Gasteiger charge is 2.19. The molecule has 10 heteroatoms. The number of aliphatic hydroxyl groups is 1. The molecule has 0 saturated carbocycles. The molecule has 10 nitrogen and oxygen atoms in total. The SMILES string of the molecule is CCc1nc(Nc2ncccc2C(=O)Nc2cccc(CO)c2)nc(N2CCN(C)CC2)n1. The molecule has 3 aromatic rings. The maximum absolute atomic E-state index is 13.0. The molecular weight excluding hydrogens is 420 g/mol. The molecule has 33 heavy (non-hydrogen) atoms. The fourth-order valence-corrected chi connectivity index (χ4v) is 3.51. The largest absolute Gasteiger partial charge is 0.392 e. The topological polar surface area (TPSA) is 119 Å². The van der Waals surface area contributed by atoms with Gasteiger partial charge >= 0.3 is 0 Å². The molecule has 0 radical (unpaired) electrons. The van der Waals surface area contributed by atoms with Crippen molar-refractivity contribution in [3.8, 4) is 0 Å². The summed E-state index contributed by atoms with van der Waals surface area (Å²) in [6.45, 7) is 5.46. The van der Waals surface area contributed by atoms with Gasteiger partial charge in [-0.15, -0.1) is 0 Å². The molecule has 1 amide bonds. The summed E-state index contributed by atoms with van der Waals surface area (Å²) >= 11 is 0. The Kier molecular flexibility index (Phi) is 7.06. The lowest BCUT2D eigenvalue weighted by atomic mass is 10.2. The third-order valence-electron chi connectivity index (χ3n) is 5.42. The van der Waals surface area contributed by atoms with Gasteiger partial charge in [0.15, 0.2) is 0 Å². The Labute approximate surface area is 192 Å². The number of hydrogen-bond acceptors (Lipinski definition) is 9. The van der Waals surface area contributed by atoms with Gasteiger partial charge in [-0.3, -0.25) is 4.79 Å². The summed E-state index contributed by atoms with van der Waals surface area (Å²) in [5.41, 5.74) is 1.66. The van der Waals surface area contributed by atoms with Gasteiger partial charge < -0.3 is 25.5 Å². The molecular formula is C23H28N8O2. The van der Waals surface area contributed by atoms with E-state index in [1.54, 1.807) is 42.6 Å². The zero-order chi connectivity index (χ0) is 23.2. The average Bonchev–Trinajstić information content (AvgIpc) is 2.84. The van der Waals surface area contributed by atoms with Crippen molar-refractivity contribution in [1.29, 1.82) is 0 Å². The number of anilines is 4. The van der Waals surface area contributed by atoms with Crippen molar-refractivity contribution in [2.45, 2.75) is 20.0 Å². The number of benzene rings is 1. The second-order valence-electron chi connectivity index (χ2n) is 7.86. The lowest BCUT2D eigenvalue weighted by molar-refractivity contribution is 0.102. The Morgan fingerprint density at radius 3 is 2.67 bits per heavy atom. The van der Waals surface area contributed by atoms with Crippen LogP contribution in [0.1, 0.15) is 28.7 Å². The average molecular weight is 449 g/mol. The molecule has 1 aliphatic rings. The van der Waals surface area contributed by atoms with E-state index < -0.39 is 0 Å².